The van der Waals surface area contributed by atoms with E-state index in [0.29, 0.717) is 0 Å². The smallest absolute Gasteiger partial charge is 0.122 e. The maximum absolute atomic E-state index is 10.4. The van der Waals surface area contributed by atoms with Crippen molar-refractivity contribution in [3.8, 4) is 5.75 Å². The summed E-state index contributed by atoms with van der Waals surface area (Å²) in [4.78, 5) is 0. The molecular formula is C15H25NO2. The largest absolute Gasteiger partial charge is 0.496 e. The lowest BCUT2D eigenvalue weighted by molar-refractivity contribution is 0.0659. The summed E-state index contributed by atoms with van der Waals surface area (Å²) in [6.45, 7) is 10.3. The summed E-state index contributed by atoms with van der Waals surface area (Å²) in [5, 5.41) is 10.4. The minimum absolute atomic E-state index is 0.0432. The highest BCUT2D eigenvalue weighted by Gasteiger charge is 2.27. The number of aliphatic hydroxyl groups is 1. The van der Waals surface area contributed by atoms with E-state index >= 15 is 0 Å². The number of rotatable bonds is 3. The summed E-state index contributed by atoms with van der Waals surface area (Å²) >= 11 is 0. The molecule has 0 heterocycles. The first-order valence-corrected chi connectivity index (χ1v) is 6.25. The van der Waals surface area contributed by atoms with E-state index < -0.39 is 5.60 Å². The molecular weight excluding hydrogens is 226 g/mol. The number of hydrogen-bond donors (Lipinski definition) is 2. The highest BCUT2D eigenvalue weighted by atomic mass is 16.5. The molecule has 1 rings (SSSR count). The molecule has 1 unspecified atom stereocenters. The van der Waals surface area contributed by atoms with Crippen LogP contribution in [0.4, 0.5) is 0 Å². The quantitative estimate of drug-likeness (QED) is 0.867. The maximum atomic E-state index is 10.4. The summed E-state index contributed by atoms with van der Waals surface area (Å²) in [6, 6.07) is 3.99. The summed E-state index contributed by atoms with van der Waals surface area (Å²) in [7, 11) is 1.67. The molecule has 0 fully saturated rings. The van der Waals surface area contributed by atoms with Crippen LogP contribution in [0, 0.1) is 6.92 Å². The fourth-order valence-corrected chi connectivity index (χ4v) is 2.13. The number of ether oxygens (including phenoxy) is 1. The average Bonchev–Trinajstić information content (AvgIpc) is 2.26. The molecule has 0 aliphatic rings. The molecule has 0 bridgehead atoms. The van der Waals surface area contributed by atoms with Crippen molar-refractivity contribution in [2.75, 3.05) is 13.7 Å². The van der Waals surface area contributed by atoms with Crippen molar-refractivity contribution in [2.24, 2.45) is 5.73 Å². The molecule has 3 N–H and O–H groups in total. The van der Waals surface area contributed by atoms with Crippen LogP contribution in [0.2, 0.25) is 0 Å². The van der Waals surface area contributed by atoms with Gasteiger partial charge in [-0.1, -0.05) is 20.8 Å². The Balaban J connectivity index is 3.49. The number of nitrogens with two attached hydrogens (primary N) is 1. The molecule has 102 valence electrons. The molecule has 1 atom stereocenters. The van der Waals surface area contributed by atoms with E-state index in [4.69, 9.17) is 10.5 Å². The van der Waals surface area contributed by atoms with Crippen molar-refractivity contribution in [3.05, 3.63) is 28.8 Å². The van der Waals surface area contributed by atoms with Crippen molar-refractivity contribution >= 4 is 0 Å². The minimum atomic E-state index is -1.00. The van der Waals surface area contributed by atoms with E-state index in [9.17, 15) is 5.11 Å². The molecule has 0 amide bonds. The highest BCUT2D eigenvalue weighted by molar-refractivity contribution is 5.47. The van der Waals surface area contributed by atoms with Crippen molar-refractivity contribution in [3.63, 3.8) is 0 Å². The van der Waals surface area contributed by atoms with Crippen molar-refractivity contribution in [2.45, 2.75) is 45.6 Å². The van der Waals surface area contributed by atoms with Gasteiger partial charge >= 0.3 is 0 Å². The van der Waals surface area contributed by atoms with Crippen LogP contribution in [-0.4, -0.2) is 18.8 Å². The SMILES string of the molecule is COc1cc(C)c(C(C)(O)CN)cc1C(C)(C)C. The van der Waals surface area contributed by atoms with Gasteiger partial charge in [-0.3, -0.25) is 0 Å². The summed E-state index contributed by atoms with van der Waals surface area (Å²) in [5.74, 6) is 0.858. The third-order valence-corrected chi connectivity index (χ3v) is 3.33. The fraction of sp³-hybridized carbons (Fsp3) is 0.600. The molecule has 0 saturated heterocycles. The fourth-order valence-electron chi connectivity index (χ4n) is 2.13. The molecule has 0 aliphatic heterocycles. The zero-order valence-corrected chi connectivity index (χ0v) is 12.3. The first kappa shape index (κ1) is 15.0. The van der Waals surface area contributed by atoms with Gasteiger partial charge < -0.3 is 15.6 Å². The average molecular weight is 251 g/mol. The molecule has 0 saturated carbocycles. The molecule has 3 nitrogen and oxygen atoms in total. The number of benzene rings is 1. The predicted molar refractivity (Wildman–Crippen MR) is 75.1 cm³/mol. The molecule has 18 heavy (non-hydrogen) atoms. The third kappa shape index (κ3) is 2.85. The van der Waals surface area contributed by atoms with Crippen LogP contribution in [0.5, 0.6) is 5.75 Å². The normalized spacial score (nSPS) is 15.3. The molecule has 3 heteroatoms. The second-order valence-electron chi connectivity index (χ2n) is 6.10. The van der Waals surface area contributed by atoms with Gasteiger partial charge in [-0.25, -0.2) is 0 Å². The van der Waals surface area contributed by atoms with Gasteiger partial charge in [-0.05, 0) is 48.1 Å². The molecule has 0 aliphatic carbocycles. The molecule has 0 aromatic heterocycles. The lowest BCUT2D eigenvalue weighted by Crippen LogP contribution is -2.32. The van der Waals surface area contributed by atoms with Gasteiger partial charge in [-0.2, -0.15) is 0 Å². The standard InChI is InChI=1S/C15H25NO2/c1-10-7-13(18-6)12(14(2,3)4)8-11(10)15(5,17)9-16/h7-8,17H,9,16H2,1-6H3. The van der Waals surface area contributed by atoms with Crippen LogP contribution >= 0.6 is 0 Å². The zero-order chi connectivity index (χ0) is 14.1. The van der Waals surface area contributed by atoms with Crippen LogP contribution in [-0.2, 0) is 11.0 Å². The van der Waals surface area contributed by atoms with E-state index in [0.717, 1.165) is 22.4 Å². The second-order valence-corrected chi connectivity index (χ2v) is 6.10. The first-order valence-electron chi connectivity index (χ1n) is 6.25. The molecule has 1 aromatic carbocycles. The Morgan fingerprint density at radius 2 is 1.72 bits per heavy atom. The molecule has 0 radical (unpaired) electrons. The van der Waals surface area contributed by atoms with Crippen molar-refractivity contribution < 1.29 is 9.84 Å². The number of hydrogen-bond acceptors (Lipinski definition) is 3. The predicted octanol–water partition coefficient (Wildman–Crippen LogP) is 2.47. The van der Waals surface area contributed by atoms with Gasteiger partial charge in [0.25, 0.3) is 0 Å². The Kier molecular flexibility index (Phi) is 4.08. The first-order chi connectivity index (χ1) is 8.13. The monoisotopic (exact) mass is 251 g/mol. The Hall–Kier alpha value is -1.06. The lowest BCUT2D eigenvalue weighted by Gasteiger charge is -2.29. The van der Waals surface area contributed by atoms with Crippen LogP contribution in [0.3, 0.4) is 0 Å². The van der Waals surface area contributed by atoms with Gasteiger partial charge in [0, 0.05) is 6.54 Å². The third-order valence-electron chi connectivity index (χ3n) is 3.33. The lowest BCUT2D eigenvalue weighted by atomic mass is 9.81. The van der Waals surface area contributed by atoms with Crippen molar-refractivity contribution in [1.82, 2.24) is 0 Å². The molecule has 0 spiro atoms. The van der Waals surface area contributed by atoms with E-state index in [1.807, 2.05) is 19.1 Å². The van der Waals surface area contributed by atoms with Crippen LogP contribution in [0.25, 0.3) is 0 Å². The topological polar surface area (TPSA) is 55.5 Å². The van der Waals surface area contributed by atoms with E-state index in [1.54, 1.807) is 14.0 Å². The number of aryl methyl sites for hydroxylation is 1. The van der Waals surface area contributed by atoms with Crippen LogP contribution < -0.4 is 10.5 Å². The summed E-state index contributed by atoms with van der Waals surface area (Å²) in [6.07, 6.45) is 0. The zero-order valence-electron chi connectivity index (χ0n) is 12.3. The number of methoxy groups -OCH3 is 1. The Labute approximate surface area is 110 Å². The van der Waals surface area contributed by atoms with Gasteiger partial charge in [0.2, 0.25) is 0 Å². The van der Waals surface area contributed by atoms with Gasteiger partial charge in [-0.15, -0.1) is 0 Å². The Morgan fingerprint density at radius 1 is 1.17 bits per heavy atom. The minimum Gasteiger partial charge on any atom is -0.496 e. The Bertz CT molecular complexity index is 431. The van der Waals surface area contributed by atoms with Crippen LogP contribution in [0.1, 0.15) is 44.4 Å². The van der Waals surface area contributed by atoms with Gasteiger partial charge in [0.05, 0.1) is 12.7 Å². The molecule has 1 aromatic rings. The van der Waals surface area contributed by atoms with E-state index in [1.165, 1.54) is 0 Å². The van der Waals surface area contributed by atoms with Crippen LogP contribution in [0.15, 0.2) is 12.1 Å². The van der Waals surface area contributed by atoms with Crippen molar-refractivity contribution in [1.29, 1.82) is 0 Å². The van der Waals surface area contributed by atoms with Gasteiger partial charge in [0.1, 0.15) is 5.75 Å². The van der Waals surface area contributed by atoms with E-state index in [2.05, 4.69) is 20.8 Å². The van der Waals surface area contributed by atoms with Gasteiger partial charge in [0.15, 0.2) is 0 Å². The Morgan fingerprint density at radius 3 is 2.11 bits per heavy atom. The summed E-state index contributed by atoms with van der Waals surface area (Å²) in [5.41, 5.74) is 7.56. The van der Waals surface area contributed by atoms with E-state index in [-0.39, 0.29) is 12.0 Å². The maximum Gasteiger partial charge on any atom is 0.122 e. The highest BCUT2D eigenvalue weighted by Crippen LogP contribution is 2.36. The second kappa shape index (κ2) is 4.90. The summed E-state index contributed by atoms with van der Waals surface area (Å²) < 4.78 is 5.44.